The van der Waals surface area contributed by atoms with E-state index in [1.54, 1.807) is 6.07 Å². The molecule has 0 saturated carbocycles. The third-order valence-electron chi connectivity index (χ3n) is 1.68. The lowest BCUT2D eigenvalue weighted by Gasteiger charge is -2.12. The first-order chi connectivity index (χ1) is 6.69. The van der Waals surface area contributed by atoms with Crippen molar-refractivity contribution < 1.29 is 0 Å². The van der Waals surface area contributed by atoms with E-state index in [1.807, 2.05) is 6.92 Å². The molecule has 0 aromatic carbocycles. The zero-order chi connectivity index (χ0) is 10.6. The minimum absolute atomic E-state index is 0.259. The maximum Gasteiger partial charge on any atom is 0.113 e. The Morgan fingerprint density at radius 3 is 2.86 bits per heavy atom. The molecule has 0 saturated heterocycles. The number of hydrogen-bond acceptors (Lipinski definition) is 2. The Morgan fingerprint density at radius 2 is 2.36 bits per heavy atom. The van der Waals surface area contributed by atoms with Crippen LogP contribution in [0.15, 0.2) is 12.3 Å². The molecule has 1 rings (SSSR count). The van der Waals surface area contributed by atoms with Crippen LogP contribution in [-0.2, 0) is 0 Å². The van der Waals surface area contributed by atoms with Gasteiger partial charge in [-0.3, -0.25) is 10.3 Å². The lowest BCUT2D eigenvalue weighted by atomic mass is 10.2. The smallest absolute Gasteiger partial charge is 0.113 e. The van der Waals surface area contributed by atoms with Crippen LogP contribution in [0.25, 0.3) is 0 Å². The molecule has 1 heterocycles. The normalized spacial score (nSPS) is 12.1. The van der Waals surface area contributed by atoms with Gasteiger partial charge in [0.25, 0.3) is 0 Å². The molecule has 0 bridgehead atoms. The predicted octanol–water partition coefficient (Wildman–Crippen LogP) is 2.67. The summed E-state index contributed by atoms with van der Waals surface area (Å²) in [6.07, 6.45) is 6.89. The molecule has 1 atom stereocenters. The second-order valence-electron chi connectivity index (χ2n) is 2.68. The Balaban J connectivity index is 3.00. The van der Waals surface area contributed by atoms with Gasteiger partial charge in [0.05, 0.1) is 15.7 Å². The van der Waals surface area contributed by atoms with Crippen molar-refractivity contribution in [1.82, 2.24) is 10.3 Å². The van der Waals surface area contributed by atoms with Gasteiger partial charge < -0.3 is 0 Å². The molecular formula is C10H10Cl2N2. The lowest BCUT2D eigenvalue weighted by molar-refractivity contribution is 0.649. The van der Waals surface area contributed by atoms with Crippen molar-refractivity contribution in [2.24, 2.45) is 0 Å². The molecule has 0 fully saturated rings. The first kappa shape index (κ1) is 11.3. The zero-order valence-electron chi connectivity index (χ0n) is 7.72. The molecular weight excluding hydrogens is 219 g/mol. The third-order valence-corrected chi connectivity index (χ3v) is 2.19. The van der Waals surface area contributed by atoms with Crippen LogP contribution in [0.1, 0.15) is 18.7 Å². The number of rotatable bonds is 3. The SMILES string of the molecule is C#CC(NCC)c1ncc(Cl)cc1Cl. The predicted molar refractivity (Wildman–Crippen MR) is 59.5 cm³/mol. The van der Waals surface area contributed by atoms with Crippen LogP contribution in [0.5, 0.6) is 0 Å². The van der Waals surface area contributed by atoms with Gasteiger partial charge in [0.2, 0.25) is 0 Å². The quantitative estimate of drug-likeness (QED) is 0.806. The van der Waals surface area contributed by atoms with E-state index in [9.17, 15) is 0 Å². The Bertz CT molecular complexity index is 358. The van der Waals surface area contributed by atoms with Crippen LogP contribution < -0.4 is 5.32 Å². The highest BCUT2D eigenvalue weighted by molar-refractivity contribution is 6.34. The van der Waals surface area contributed by atoms with Gasteiger partial charge in [-0.2, -0.15) is 0 Å². The zero-order valence-corrected chi connectivity index (χ0v) is 9.23. The second kappa shape index (κ2) is 5.21. The van der Waals surface area contributed by atoms with Gasteiger partial charge in [-0.15, -0.1) is 6.42 Å². The molecule has 4 heteroatoms. The van der Waals surface area contributed by atoms with Crippen LogP contribution in [0, 0.1) is 12.3 Å². The number of pyridine rings is 1. The lowest BCUT2D eigenvalue weighted by Crippen LogP contribution is -2.20. The summed E-state index contributed by atoms with van der Waals surface area (Å²) < 4.78 is 0. The number of hydrogen-bond donors (Lipinski definition) is 1. The minimum Gasteiger partial charge on any atom is -0.299 e. The number of halogens is 2. The fourth-order valence-corrected chi connectivity index (χ4v) is 1.57. The summed E-state index contributed by atoms with van der Waals surface area (Å²) >= 11 is 11.7. The molecule has 1 aromatic heterocycles. The van der Waals surface area contributed by atoms with Crippen molar-refractivity contribution in [2.45, 2.75) is 13.0 Å². The van der Waals surface area contributed by atoms with Gasteiger partial charge >= 0.3 is 0 Å². The van der Waals surface area contributed by atoms with Gasteiger partial charge in [-0.1, -0.05) is 36.0 Å². The summed E-state index contributed by atoms with van der Waals surface area (Å²) in [6, 6.07) is 1.37. The van der Waals surface area contributed by atoms with Gasteiger partial charge in [0.1, 0.15) is 6.04 Å². The number of nitrogens with one attached hydrogen (secondary N) is 1. The summed E-state index contributed by atoms with van der Waals surface area (Å²) in [5, 5.41) is 4.08. The maximum atomic E-state index is 5.96. The van der Waals surface area contributed by atoms with Crippen molar-refractivity contribution in [3.05, 3.63) is 28.0 Å². The van der Waals surface area contributed by atoms with Crippen LogP contribution in [0.4, 0.5) is 0 Å². The van der Waals surface area contributed by atoms with E-state index >= 15 is 0 Å². The van der Waals surface area contributed by atoms with Crippen LogP contribution >= 0.6 is 23.2 Å². The Morgan fingerprint density at radius 1 is 1.64 bits per heavy atom. The molecule has 1 N–H and O–H groups in total. The first-order valence-corrected chi connectivity index (χ1v) is 4.95. The number of terminal acetylenes is 1. The topological polar surface area (TPSA) is 24.9 Å². The van der Waals surface area contributed by atoms with Crippen molar-refractivity contribution in [2.75, 3.05) is 6.54 Å². The van der Waals surface area contributed by atoms with Crippen molar-refractivity contribution in [3.8, 4) is 12.3 Å². The van der Waals surface area contributed by atoms with Gasteiger partial charge in [0, 0.05) is 6.20 Å². The van der Waals surface area contributed by atoms with Crippen LogP contribution in [0.2, 0.25) is 10.0 Å². The fourth-order valence-electron chi connectivity index (χ4n) is 1.08. The molecule has 0 aliphatic rings. The van der Waals surface area contributed by atoms with E-state index in [-0.39, 0.29) is 6.04 Å². The van der Waals surface area contributed by atoms with E-state index in [1.165, 1.54) is 6.20 Å². The van der Waals surface area contributed by atoms with Crippen molar-refractivity contribution in [1.29, 1.82) is 0 Å². The molecule has 0 spiro atoms. The molecule has 0 aliphatic heterocycles. The molecule has 1 unspecified atom stereocenters. The van der Waals surface area contributed by atoms with Crippen molar-refractivity contribution >= 4 is 23.2 Å². The summed E-state index contributed by atoms with van der Waals surface area (Å²) in [5.74, 6) is 2.58. The highest BCUT2D eigenvalue weighted by Gasteiger charge is 2.12. The number of aromatic nitrogens is 1. The van der Waals surface area contributed by atoms with E-state index in [0.717, 1.165) is 6.54 Å². The molecule has 0 radical (unpaired) electrons. The molecule has 14 heavy (non-hydrogen) atoms. The fraction of sp³-hybridized carbons (Fsp3) is 0.300. The Hall–Kier alpha value is -0.750. The van der Waals surface area contributed by atoms with Gasteiger partial charge in [-0.25, -0.2) is 0 Å². The average Bonchev–Trinajstić information content (AvgIpc) is 2.15. The maximum absolute atomic E-state index is 5.96. The van der Waals surface area contributed by atoms with Crippen LogP contribution in [-0.4, -0.2) is 11.5 Å². The standard InChI is InChI=1S/C10H10Cl2N2/c1-3-9(13-4-2)10-8(12)5-7(11)6-14-10/h1,5-6,9,13H,4H2,2H3. The van der Waals surface area contributed by atoms with E-state index in [0.29, 0.717) is 15.7 Å². The van der Waals surface area contributed by atoms with Crippen molar-refractivity contribution in [3.63, 3.8) is 0 Å². The molecule has 2 nitrogen and oxygen atoms in total. The van der Waals surface area contributed by atoms with Gasteiger partial charge in [-0.05, 0) is 12.6 Å². The molecule has 0 aliphatic carbocycles. The van der Waals surface area contributed by atoms with Crippen LogP contribution in [0.3, 0.4) is 0 Å². The monoisotopic (exact) mass is 228 g/mol. The van der Waals surface area contributed by atoms with E-state index in [2.05, 4.69) is 16.2 Å². The Labute approximate surface area is 93.6 Å². The summed E-state index contributed by atoms with van der Waals surface area (Å²) in [4.78, 5) is 4.10. The molecule has 1 aromatic rings. The highest BCUT2D eigenvalue weighted by Crippen LogP contribution is 2.23. The van der Waals surface area contributed by atoms with E-state index < -0.39 is 0 Å². The highest BCUT2D eigenvalue weighted by atomic mass is 35.5. The third kappa shape index (κ3) is 2.62. The summed E-state index contributed by atoms with van der Waals surface area (Å²) in [5.41, 5.74) is 0.639. The average molecular weight is 229 g/mol. The summed E-state index contributed by atoms with van der Waals surface area (Å²) in [7, 11) is 0. The van der Waals surface area contributed by atoms with E-state index in [4.69, 9.17) is 29.6 Å². The minimum atomic E-state index is -0.259. The number of nitrogens with zero attached hydrogens (tertiary/aromatic N) is 1. The summed E-state index contributed by atoms with van der Waals surface area (Å²) in [6.45, 7) is 2.73. The second-order valence-corrected chi connectivity index (χ2v) is 3.52. The molecule has 74 valence electrons. The largest absolute Gasteiger partial charge is 0.299 e. The first-order valence-electron chi connectivity index (χ1n) is 4.19. The molecule has 0 amide bonds. The van der Waals surface area contributed by atoms with Gasteiger partial charge in [0.15, 0.2) is 0 Å². The Kier molecular flexibility index (Phi) is 4.21.